The summed E-state index contributed by atoms with van der Waals surface area (Å²) in [6.07, 6.45) is 7.22. The average molecular weight is 261 g/mol. The Morgan fingerprint density at radius 1 is 1.32 bits per heavy atom. The molecule has 0 aromatic carbocycles. The van der Waals surface area contributed by atoms with Gasteiger partial charge in [0.15, 0.2) is 0 Å². The maximum absolute atomic E-state index is 5.39. The van der Waals surface area contributed by atoms with E-state index in [1.54, 1.807) is 0 Å². The average Bonchev–Trinajstić information content (AvgIpc) is 3.24. The topological polar surface area (TPSA) is 37.4 Å². The van der Waals surface area contributed by atoms with Gasteiger partial charge in [-0.2, -0.15) is 0 Å². The molecule has 1 aromatic heterocycles. The first-order chi connectivity index (χ1) is 9.35. The minimum atomic E-state index is 0.646. The van der Waals surface area contributed by atoms with Gasteiger partial charge in [-0.15, -0.1) is 0 Å². The Bertz CT molecular complexity index is 402. The van der Waals surface area contributed by atoms with E-state index in [2.05, 4.69) is 21.3 Å². The van der Waals surface area contributed by atoms with Crippen LogP contribution in [-0.2, 0) is 0 Å². The van der Waals surface area contributed by atoms with Crippen molar-refractivity contribution in [2.45, 2.75) is 44.7 Å². The zero-order chi connectivity index (χ0) is 13.1. The highest BCUT2D eigenvalue weighted by molar-refractivity contribution is 5.46. The third-order valence-corrected chi connectivity index (χ3v) is 3.85. The van der Waals surface area contributed by atoms with E-state index in [9.17, 15) is 0 Å². The van der Waals surface area contributed by atoms with Gasteiger partial charge in [0.2, 0.25) is 5.88 Å². The van der Waals surface area contributed by atoms with Crippen LogP contribution in [0.4, 0.5) is 5.69 Å². The summed E-state index contributed by atoms with van der Waals surface area (Å²) in [7, 11) is 0. The molecule has 2 aliphatic rings. The van der Waals surface area contributed by atoms with E-state index < -0.39 is 0 Å². The molecule has 1 aliphatic carbocycles. The maximum atomic E-state index is 5.39. The number of hydrogen-bond donors (Lipinski definition) is 1. The Kier molecular flexibility index (Phi) is 3.87. The predicted octanol–water partition coefficient (Wildman–Crippen LogP) is 2.20. The van der Waals surface area contributed by atoms with Gasteiger partial charge in [-0.3, -0.25) is 0 Å². The minimum absolute atomic E-state index is 0.646. The molecular formula is C15H23N3O. The molecule has 0 bridgehead atoms. The normalized spacial score (nSPS) is 23.4. The molecule has 1 unspecified atom stereocenters. The van der Waals surface area contributed by atoms with E-state index in [0.717, 1.165) is 25.0 Å². The second-order valence-electron chi connectivity index (χ2n) is 5.51. The smallest absolute Gasteiger partial charge is 0.213 e. The maximum Gasteiger partial charge on any atom is 0.213 e. The fourth-order valence-corrected chi connectivity index (χ4v) is 2.72. The molecule has 2 fully saturated rings. The summed E-state index contributed by atoms with van der Waals surface area (Å²) in [6, 6.07) is 5.53. The lowest BCUT2D eigenvalue weighted by atomic mass is 10.1. The molecule has 1 aromatic rings. The molecule has 0 radical (unpaired) electrons. The van der Waals surface area contributed by atoms with Crippen LogP contribution in [0.2, 0.25) is 0 Å². The van der Waals surface area contributed by atoms with Gasteiger partial charge in [-0.1, -0.05) is 0 Å². The van der Waals surface area contributed by atoms with Gasteiger partial charge in [-0.25, -0.2) is 4.98 Å². The number of nitrogens with one attached hydrogen (secondary N) is 1. The van der Waals surface area contributed by atoms with E-state index in [1.165, 1.54) is 31.4 Å². The first kappa shape index (κ1) is 12.7. The number of piperidine rings is 1. The van der Waals surface area contributed by atoms with E-state index in [-0.39, 0.29) is 0 Å². The summed E-state index contributed by atoms with van der Waals surface area (Å²) in [5.74, 6) is 0.718. The molecule has 1 atom stereocenters. The number of anilines is 1. The minimum Gasteiger partial charge on any atom is -0.478 e. The number of nitrogens with zero attached hydrogens (tertiary/aromatic N) is 2. The fourth-order valence-electron chi connectivity index (χ4n) is 2.72. The Morgan fingerprint density at radius 3 is 2.89 bits per heavy atom. The first-order valence-electron chi connectivity index (χ1n) is 7.45. The standard InChI is InChI=1S/C15H23N3O/c1-2-19-15-8-7-14(10-16-15)18-9-3-4-13(11-18)17-12-5-6-12/h7-8,10,12-13,17H,2-6,9,11H2,1H3. The zero-order valence-electron chi connectivity index (χ0n) is 11.6. The van der Waals surface area contributed by atoms with Gasteiger partial charge in [-0.05, 0) is 38.7 Å². The van der Waals surface area contributed by atoms with Crippen LogP contribution in [-0.4, -0.2) is 36.8 Å². The second kappa shape index (κ2) is 5.78. The van der Waals surface area contributed by atoms with Crippen molar-refractivity contribution in [3.63, 3.8) is 0 Å². The van der Waals surface area contributed by atoms with Gasteiger partial charge in [0.1, 0.15) is 0 Å². The molecule has 1 saturated heterocycles. The Labute approximate surface area is 115 Å². The lowest BCUT2D eigenvalue weighted by Gasteiger charge is -2.34. The molecule has 3 rings (SSSR count). The Morgan fingerprint density at radius 2 is 2.21 bits per heavy atom. The summed E-state index contributed by atoms with van der Waals surface area (Å²) < 4.78 is 5.39. The Hall–Kier alpha value is -1.29. The first-order valence-corrected chi connectivity index (χ1v) is 7.45. The number of rotatable bonds is 5. The molecule has 4 heteroatoms. The molecule has 0 amide bonds. The summed E-state index contributed by atoms with van der Waals surface area (Å²) in [4.78, 5) is 6.79. The number of pyridine rings is 1. The van der Waals surface area contributed by atoms with Crippen molar-refractivity contribution >= 4 is 5.69 Å². The summed E-state index contributed by atoms with van der Waals surface area (Å²) in [5.41, 5.74) is 1.21. The quantitative estimate of drug-likeness (QED) is 0.881. The van der Waals surface area contributed by atoms with E-state index >= 15 is 0 Å². The zero-order valence-corrected chi connectivity index (χ0v) is 11.6. The van der Waals surface area contributed by atoms with E-state index in [4.69, 9.17) is 4.74 Å². The van der Waals surface area contributed by atoms with Crippen LogP contribution in [0.5, 0.6) is 5.88 Å². The third kappa shape index (κ3) is 3.38. The highest BCUT2D eigenvalue weighted by atomic mass is 16.5. The molecular weight excluding hydrogens is 238 g/mol. The Balaban J connectivity index is 1.60. The van der Waals surface area contributed by atoms with E-state index in [0.29, 0.717) is 12.6 Å². The van der Waals surface area contributed by atoms with Crippen molar-refractivity contribution in [3.8, 4) is 5.88 Å². The summed E-state index contributed by atoms with van der Waals surface area (Å²) in [5, 5.41) is 3.74. The van der Waals surface area contributed by atoms with Crippen LogP contribution in [0.15, 0.2) is 18.3 Å². The van der Waals surface area contributed by atoms with Gasteiger partial charge in [0.25, 0.3) is 0 Å². The predicted molar refractivity (Wildman–Crippen MR) is 76.8 cm³/mol. The van der Waals surface area contributed by atoms with Crippen LogP contribution >= 0.6 is 0 Å². The molecule has 1 N–H and O–H groups in total. The van der Waals surface area contributed by atoms with Crippen molar-refractivity contribution in [1.82, 2.24) is 10.3 Å². The van der Waals surface area contributed by atoms with Crippen molar-refractivity contribution < 1.29 is 4.74 Å². The van der Waals surface area contributed by atoms with Gasteiger partial charge in [0.05, 0.1) is 18.5 Å². The second-order valence-corrected chi connectivity index (χ2v) is 5.51. The van der Waals surface area contributed by atoms with Crippen molar-refractivity contribution in [3.05, 3.63) is 18.3 Å². The third-order valence-electron chi connectivity index (χ3n) is 3.85. The van der Waals surface area contributed by atoms with Crippen molar-refractivity contribution in [2.24, 2.45) is 0 Å². The SMILES string of the molecule is CCOc1ccc(N2CCCC(NC3CC3)C2)cn1. The van der Waals surface area contributed by atoms with Crippen LogP contribution < -0.4 is 15.0 Å². The van der Waals surface area contributed by atoms with Gasteiger partial charge >= 0.3 is 0 Å². The number of aromatic nitrogens is 1. The van der Waals surface area contributed by atoms with Gasteiger partial charge in [0, 0.05) is 31.2 Å². The van der Waals surface area contributed by atoms with Crippen LogP contribution in [0.25, 0.3) is 0 Å². The van der Waals surface area contributed by atoms with Gasteiger partial charge < -0.3 is 15.0 Å². The molecule has 1 aliphatic heterocycles. The monoisotopic (exact) mass is 261 g/mol. The van der Waals surface area contributed by atoms with E-state index in [1.807, 2.05) is 19.2 Å². The molecule has 2 heterocycles. The highest BCUT2D eigenvalue weighted by Crippen LogP contribution is 2.24. The largest absolute Gasteiger partial charge is 0.478 e. The van der Waals surface area contributed by atoms with Crippen LogP contribution in [0.1, 0.15) is 32.6 Å². The van der Waals surface area contributed by atoms with Crippen molar-refractivity contribution in [2.75, 3.05) is 24.6 Å². The number of hydrogen-bond acceptors (Lipinski definition) is 4. The summed E-state index contributed by atoms with van der Waals surface area (Å²) in [6.45, 7) is 4.89. The van der Waals surface area contributed by atoms with Crippen molar-refractivity contribution in [1.29, 1.82) is 0 Å². The summed E-state index contributed by atoms with van der Waals surface area (Å²) >= 11 is 0. The van der Waals surface area contributed by atoms with Crippen LogP contribution in [0.3, 0.4) is 0 Å². The highest BCUT2D eigenvalue weighted by Gasteiger charge is 2.27. The molecule has 4 nitrogen and oxygen atoms in total. The molecule has 1 saturated carbocycles. The molecule has 104 valence electrons. The lowest BCUT2D eigenvalue weighted by molar-refractivity contribution is 0.327. The molecule has 19 heavy (non-hydrogen) atoms. The number of ether oxygens (including phenoxy) is 1. The van der Waals surface area contributed by atoms with Crippen LogP contribution in [0, 0.1) is 0 Å². The fraction of sp³-hybridized carbons (Fsp3) is 0.667. The molecule has 0 spiro atoms. The lowest BCUT2D eigenvalue weighted by Crippen LogP contribution is -2.46.